The maximum absolute atomic E-state index is 13.4. The van der Waals surface area contributed by atoms with Gasteiger partial charge in [-0.25, -0.2) is 8.42 Å². The molecule has 3 aromatic rings. The third kappa shape index (κ3) is 6.47. The Kier molecular flexibility index (Phi) is 8.71. The molecule has 2 aromatic carbocycles. The summed E-state index contributed by atoms with van der Waals surface area (Å²) < 4.78 is 32.7. The van der Waals surface area contributed by atoms with Gasteiger partial charge in [-0.05, 0) is 56.2 Å². The van der Waals surface area contributed by atoms with Crippen LogP contribution < -0.4 is 4.74 Å². The van der Waals surface area contributed by atoms with Crippen LogP contribution >= 0.6 is 0 Å². The van der Waals surface area contributed by atoms with E-state index in [1.807, 2.05) is 51.1 Å². The van der Waals surface area contributed by atoms with Crippen LogP contribution in [0.3, 0.4) is 0 Å². The molecule has 0 bridgehead atoms. The zero-order valence-corrected chi connectivity index (χ0v) is 23.5. The van der Waals surface area contributed by atoms with E-state index in [1.165, 1.54) is 12.1 Å². The number of ketones is 1. The van der Waals surface area contributed by atoms with E-state index in [4.69, 9.17) is 4.74 Å². The number of para-hydroxylation sites is 1. The van der Waals surface area contributed by atoms with Gasteiger partial charge in [0, 0.05) is 47.5 Å². The summed E-state index contributed by atoms with van der Waals surface area (Å²) in [5.74, 6) is -0.301. The van der Waals surface area contributed by atoms with Crippen molar-refractivity contribution in [2.24, 2.45) is 11.3 Å². The maximum atomic E-state index is 13.4. The van der Waals surface area contributed by atoms with Crippen molar-refractivity contribution in [2.75, 3.05) is 25.4 Å². The number of hydrogen-bond acceptors (Lipinski definition) is 7. The van der Waals surface area contributed by atoms with Crippen LogP contribution in [0.25, 0.3) is 10.9 Å². The molecule has 0 aliphatic carbocycles. The number of aliphatic hydroxyl groups is 1. The predicted molar refractivity (Wildman–Crippen MR) is 149 cm³/mol. The number of likely N-dealkylation sites (tertiary alicyclic amines) is 1. The highest BCUT2D eigenvalue weighted by atomic mass is 32.2. The fraction of sp³-hybridized carbons (Fsp3) is 0.433. The number of fused-ring (bicyclic) bond motifs is 1. The van der Waals surface area contributed by atoms with Crippen LogP contribution in [0.15, 0.2) is 59.5 Å². The van der Waals surface area contributed by atoms with Gasteiger partial charge < -0.3 is 14.7 Å². The lowest BCUT2D eigenvalue weighted by Crippen LogP contribution is -2.62. The summed E-state index contributed by atoms with van der Waals surface area (Å²) in [5.41, 5.74) is 1.86. The molecular weight excluding hydrogens is 516 g/mol. The molecule has 9 heteroatoms. The van der Waals surface area contributed by atoms with E-state index in [9.17, 15) is 23.1 Å². The predicted octanol–water partition coefficient (Wildman–Crippen LogP) is 4.11. The van der Waals surface area contributed by atoms with Crippen molar-refractivity contribution in [1.82, 2.24) is 9.88 Å². The SMILES string of the molecule is CCC(CC)C(=O)N1CC(CC(=O)CO)(CS(=O)(=O)c2ccc(OCc3cc(C)nc4ccccc34)cc2)C1. The number of carbonyl (C=O) groups is 2. The van der Waals surface area contributed by atoms with Gasteiger partial charge >= 0.3 is 0 Å². The largest absolute Gasteiger partial charge is 0.489 e. The molecule has 1 fully saturated rings. The van der Waals surface area contributed by atoms with E-state index in [0.29, 0.717) is 25.2 Å². The Morgan fingerprint density at radius 2 is 1.74 bits per heavy atom. The van der Waals surface area contributed by atoms with Crippen molar-refractivity contribution >= 4 is 32.4 Å². The standard InChI is InChI=1S/C30H36N2O6S/c1-4-22(5-2)29(35)32-18-30(19-32,15-24(34)16-33)20-39(36,37)26-12-10-25(11-13-26)38-17-23-14-21(3)31-28-9-7-6-8-27(23)28/h6-14,22,33H,4-5,15-20H2,1-3H3. The van der Waals surface area contributed by atoms with E-state index in [-0.39, 0.29) is 42.0 Å². The van der Waals surface area contributed by atoms with Gasteiger partial charge in [-0.15, -0.1) is 0 Å². The van der Waals surface area contributed by atoms with Gasteiger partial charge in [0.15, 0.2) is 15.6 Å². The zero-order chi connectivity index (χ0) is 28.2. The number of carbonyl (C=O) groups excluding carboxylic acids is 2. The molecule has 0 atom stereocenters. The maximum Gasteiger partial charge on any atom is 0.225 e. The Morgan fingerprint density at radius 3 is 2.38 bits per heavy atom. The van der Waals surface area contributed by atoms with Crippen molar-refractivity contribution in [3.8, 4) is 5.75 Å². The van der Waals surface area contributed by atoms with Crippen LogP contribution in [-0.4, -0.2) is 60.5 Å². The van der Waals surface area contributed by atoms with Gasteiger partial charge in [0.05, 0.1) is 16.2 Å². The quantitative estimate of drug-likeness (QED) is 0.360. The van der Waals surface area contributed by atoms with Crippen LogP contribution in [0.2, 0.25) is 0 Å². The summed E-state index contributed by atoms with van der Waals surface area (Å²) in [4.78, 5) is 31.2. The molecule has 0 saturated carbocycles. The molecule has 1 amide bonds. The third-order valence-electron chi connectivity index (χ3n) is 7.45. The molecule has 1 aromatic heterocycles. The molecule has 1 aliphatic heterocycles. The Bertz CT molecular complexity index is 1440. The number of amides is 1. The Labute approximate surface area is 229 Å². The fourth-order valence-electron chi connectivity index (χ4n) is 5.45. The number of aliphatic hydroxyl groups excluding tert-OH is 1. The lowest BCUT2D eigenvalue weighted by molar-refractivity contribution is -0.149. The van der Waals surface area contributed by atoms with E-state index in [2.05, 4.69) is 4.98 Å². The number of aryl methyl sites for hydroxylation is 1. The van der Waals surface area contributed by atoms with E-state index in [1.54, 1.807) is 17.0 Å². The average Bonchev–Trinajstić information content (AvgIpc) is 2.90. The highest BCUT2D eigenvalue weighted by Crippen LogP contribution is 2.39. The number of aromatic nitrogens is 1. The molecule has 0 spiro atoms. The molecule has 0 unspecified atom stereocenters. The van der Waals surface area contributed by atoms with Crippen molar-refractivity contribution in [3.63, 3.8) is 0 Å². The van der Waals surface area contributed by atoms with Gasteiger partial charge in [-0.3, -0.25) is 14.6 Å². The number of benzene rings is 2. The number of sulfone groups is 1. The Balaban J connectivity index is 1.46. The smallest absolute Gasteiger partial charge is 0.225 e. The Morgan fingerprint density at radius 1 is 1.08 bits per heavy atom. The third-order valence-corrected chi connectivity index (χ3v) is 9.43. The lowest BCUT2D eigenvalue weighted by atomic mass is 9.76. The van der Waals surface area contributed by atoms with Gasteiger partial charge in [0.25, 0.3) is 0 Å². The summed E-state index contributed by atoms with van der Waals surface area (Å²) in [7, 11) is -3.77. The molecule has 2 heterocycles. The molecule has 1 aliphatic rings. The van der Waals surface area contributed by atoms with Gasteiger partial charge in [-0.2, -0.15) is 0 Å². The van der Waals surface area contributed by atoms with Crippen molar-refractivity contribution in [2.45, 2.75) is 51.5 Å². The molecule has 0 radical (unpaired) electrons. The summed E-state index contributed by atoms with van der Waals surface area (Å²) >= 11 is 0. The molecule has 8 nitrogen and oxygen atoms in total. The first-order valence-electron chi connectivity index (χ1n) is 13.3. The monoisotopic (exact) mass is 552 g/mol. The number of pyridine rings is 1. The zero-order valence-electron chi connectivity index (χ0n) is 22.7. The first-order valence-corrected chi connectivity index (χ1v) is 15.0. The van der Waals surface area contributed by atoms with Crippen molar-refractivity contribution in [1.29, 1.82) is 0 Å². The summed E-state index contributed by atoms with van der Waals surface area (Å²) in [6, 6.07) is 16.1. The molecule has 4 rings (SSSR count). The van der Waals surface area contributed by atoms with Crippen LogP contribution in [0, 0.1) is 18.3 Å². The van der Waals surface area contributed by atoms with Crippen molar-refractivity contribution in [3.05, 3.63) is 65.9 Å². The van der Waals surface area contributed by atoms with E-state index < -0.39 is 27.6 Å². The van der Waals surface area contributed by atoms with Crippen LogP contribution in [0.5, 0.6) is 5.75 Å². The minimum absolute atomic E-state index is 0.0110. The number of Topliss-reactive ketones (excluding diaryl/α,β-unsaturated/α-hetero) is 1. The summed E-state index contributed by atoms with van der Waals surface area (Å²) in [5, 5.41) is 10.3. The second-order valence-electron chi connectivity index (χ2n) is 10.5. The first kappa shape index (κ1) is 28.7. The van der Waals surface area contributed by atoms with Gasteiger partial charge in [0.2, 0.25) is 5.91 Å². The topological polar surface area (TPSA) is 114 Å². The van der Waals surface area contributed by atoms with E-state index >= 15 is 0 Å². The van der Waals surface area contributed by atoms with E-state index in [0.717, 1.165) is 22.2 Å². The number of ether oxygens (including phenoxy) is 1. The second-order valence-corrected chi connectivity index (χ2v) is 12.5. The molecule has 1 saturated heterocycles. The molecular formula is C30H36N2O6S. The number of nitrogens with zero attached hydrogens (tertiary/aromatic N) is 2. The van der Waals surface area contributed by atoms with Crippen LogP contribution in [0.1, 0.15) is 44.4 Å². The second kappa shape index (κ2) is 11.8. The molecule has 1 N–H and O–H groups in total. The van der Waals surface area contributed by atoms with Crippen LogP contribution in [0.4, 0.5) is 0 Å². The summed E-state index contributed by atoms with van der Waals surface area (Å²) in [6.45, 7) is 5.86. The van der Waals surface area contributed by atoms with Crippen molar-refractivity contribution < 1.29 is 27.9 Å². The normalized spacial score (nSPS) is 14.8. The number of rotatable bonds is 12. The first-order chi connectivity index (χ1) is 18.6. The Hall–Kier alpha value is -3.30. The molecule has 208 valence electrons. The fourth-order valence-corrected chi connectivity index (χ4v) is 7.26. The van der Waals surface area contributed by atoms with Gasteiger partial charge in [-0.1, -0.05) is 32.0 Å². The number of hydrogen-bond donors (Lipinski definition) is 1. The lowest BCUT2D eigenvalue weighted by Gasteiger charge is -2.50. The molecule has 39 heavy (non-hydrogen) atoms. The minimum Gasteiger partial charge on any atom is -0.489 e. The highest BCUT2D eigenvalue weighted by Gasteiger charge is 2.49. The van der Waals surface area contributed by atoms with Crippen LogP contribution in [-0.2, 0) is 26.0 Å². The average molecular weight is 553 g/mol. The highest BCUT2D eigenvalue weighted by molar-refractivity contribution is 7.91. The summed E-state index contributed by atoms with van der Waals surface area (Å²) in [6.07, 6.45) is 1.33. The van der Waals surface area contributed by atoms with Gasteiger partial charge in [0.1, 0.15) is 19.0 Å². The minimum atomic E-state index is -3.77.